The Morgan fingerprint density at radius 3 is 2.67 bits per heavy atom. The number of amides is 1. The third kappa shape index (κ3) is 4.33. The first-order valence-corrected chi connectivity index (χ1v) is 7.78. The van der Waals surface area contributed by atoms with Crippen LogP contribution >= 0.6 is 34.8 Å². The van der Waals surface area contributed by atoms with E-state index in [9.17, 15) is 9.59 Å². The minimum atomic E-state index is -0.232. The zero-order valence-corrected chi connectivity index (χ0v) is 13.5. The van der Waals surface area contributed by atoms with Crippen molar-refractivity contribution in [3.63, 3.8) is 0 Å². The second-order valence-electron chi connectivity index (χ2n) is 4.96. The molecule has 0 aromatic heterocycles. The lowest BCUT2D eigenvalue weighted by atomic mass is 10.0. The van der Waals surface area contributed by atoms with Crippen molar-refractivity contribution in [1.82, 2.24) is 4.90 Å². The van der Waals surface area contributed by atoms with E-state index in [1.807, 2.05) is 4.90 Å². The van der Waals surface area contributed by atoms with Gasteiger partial charge in [-0.3, -0.25) is 9.69 Å². The third-order valence-corrected chi connectivity index (χ3v) is 4.49. The molecule has 7 heteroatoms. The highest BCUT2D eigenvalue weighted by molar-refractivity contribution is 6.44. The predicted molar refractivity (Wildman–Crippen MR) is 85.4 cm³/mol. The zero-order valence-electron chi connectivity index (χ0n) is 11.2. The van der Waals surface area contributed by atoms with Crippen molar-refractivity contribution in [3.8, 4) is 0 Å². The van der Waals surface area contributed by atoms with Crippen molar-refractivity contribution in [2.24, 2.45) is 0 Å². The molecule has 1 aromatic carbocycles. The van der Waals surface area contributed by atoms with E-state index >= 15 is 0 Å². The molecule has 1 aromatic rings. The van der Waals surface area contributed by atoms with E-state index in [4.69, 9.17) is 34.8 Å². The van der Waals surface area contributed by atoms with Crippen LogP contribution in [0.15, 0.2) is 12.1 Å². The van der Waals surface area contributed by atoms with Crippen molar-refractivity contribution in [2.75, 3.05) is 18.4 Å². The van der Waals surface area contributed by atoms with Gasteiger partial charge in [0, 0.05) is 0 Å². The van der Waals surface area contributed by atoms with Gasteiger partial charge < -0.3 is 10.1 Å². The molecule has 1 unspecified atom stereocenters. The maximum absolute atomic E-state index is 12.1. The van der Waals surface area contributed by atoms with Gasteiger partial charge in [-0.25, -0.2) is 0 Å². The normalized spacial score (nSPS) is 19.3. The number of piperidine rings is 1. The van der Waals surface area contributed by atoms with Crippen LogP contribution in [0, 0.1) is 0 Å². The van der Waals surface area contributed by atoms with Gasteiger partial charge in [-0.15, -0.1) is 0 Å². The number of rotatable bonds is 4. The first-order valence-electron chi connectivity index (χ1n) is 6.65. The molecule has 1 fully saturated rings. The monoisotopic (exact) mass is 348 g/mol. The molecule has 1 aliphatic rings. The summed E-state index contributed by atoms with van der Waals surface area (Å²) in [5.74, 6) is -0.232. The minimum absolute atomic E-state index is 0.153. The van der Waals surface area contributed by atoms with Gasteiger partial charge >= 0.3 is 0 Å². The van der Waals surface area contributed by atoms with Crippen LogP contribution < -0.4 is 5.32 Å². The highest BCUT2D eigenvalue weighted by Gasteiger charge is 2.23. The molecule has 2 rings (SSSR count). The molecule has 0 bridgehead atoms. The van der Waals surface area contributed by atoms with Crippen LogP contribution in [0.5, 0.6) is 0 Å². The van der Waals surface area contributed by atoms with Gasteiger partial charge in [0.05, 0.1) is 33.3 Å². The van der Waals surface area contributed by atoms with E-state index in [1.165, 1.54) is 12.1 Å². The Morgan fingerprint density at radius 1 is 1.24 bits per heavy atom. The molecule has 4 nitrogen and oxygen atoms in total. The Bertz CT molecular complexity index is 551. The molecule has 114 valence electrons. The molecule has 1 atom stereocenters. The first kappa shape index (κ1) is 16.6. The maximum Gasteiger partial charge on any atom is 0.238 e. The molecule has 21 heavy (non-hydrogen) atoms. The molecular formula is C14H15Cl3N2O2. The largest absolute Gasteiger partial charge is 0.324 e. The number of nitrogens with zero attached hydrogens (tertiary/aromatic N) is 1. The number of benzene rings is 1. The number of hydrogen-bond donors (Lipinski definition) is 1. The minimum Gasteiger partial charge on any atom is -0.324 e. The second kappa shape index (κ2) is 7.45. The van der Waals surface area contributed by atoms with Crippen LogP contribution in [0.2, 0.25) is 15.1 Å². The maximum atomic E-state index is 12.1. The second-order valence-corrected chi connectivity index (χ2v) is 6.19. The van der Waals surface area contributed by atoms with E-state index in [1.54, 1.807) is 0 Å². The zero-order chi connectivity index (χ0) is 15.4. The lowest BCUT2D eigenvalue weighted by Crippen LogP contribution is -2.44. The molecular weight excluding hydrogens is 335 g/mol. The van der Waals surface area contributed by atoms with Gasteiger partial charge in [-0.2, -0.15) is 0 Å². The van der Waals surface area contributed by atoms with Crippen molar-refractivity contribution < 1.29 is 9.59 Å². The highest BCUT2D eigenvalue weighted by atomic mass is 35.5. The fraction of sp³-hybridized carbons (Fsp3) is 0.429. The smallest absolute Gasteiger partial charge is 0.238 e. The molecule has 1 N–H and O–H groups in total. The number of anilines is 1. The van der Waals surface area contributed by atoms with Gasteiger partial charge in [-0.05, 0) is 31.5 Å². The lowest BCUT2D eigenvalue weighted by Gasteiger charge is -2.31. The van der Waals surface area contributed by atoms with Gasteiger partial charge in [-0.1, -0.05) is 41.2 Å². The van der Waals surface area contributed by atoms with Gasteiger partial charge in [0.1, 0.15) is 6.29 Å². The summed E-state index contributed by atoms with van der Waals surface area (Å²) < 4.78 is 0. The number of hydrogen-bond acceptors (Lipinski definition) is 3. The van der Waals surface area contributed by atoms with Crippen LogP contribution in [0.1, 0.15) is 19.3 Å². The average molecular weight is 350 g/mol. The fourth-order valence-corrected chi connectivity index (χ4v) is 2.95. The van der Waals surface area contributed by atoms with Gasteiger partial charge in [0.2, 0.25) is 5.91 Å². The lowest BCUT2D eigenvalue weighted by molar-refractivity contribution is -0.120. The summed E-state index contributed by atoms with van der Waals surface area (Å²) in [6.45, 7) is 0.895. The van der Waals surface area contributed by atoms with Crippen LogP contribution in [0.25, 0.3) is 0 Å². The Hall–Kier alpha value is -0.810. The predicted octanol–water partition coefficient (Wildman–Crippen LogP) is 3.64. The number of nitrogens with one attached hydrogen (secondary N) is 1. The molecule has 0 radical (unpaired) electrons. The van der Waals surface area contributed by atoms with E-state index in [2.05, 4.69) is 5.32 Å². The van der Waals surface area contributed by atoms with Crippen molar-refractivity contribution in [1.29, 1.82) is 0 Å². The standard InChI is InChI=1S/C14H15Cl3N2O2/c15-10-5-12(17)13(6-11(10)16)18-14(21)7-19-4-2-1-3-9(19)8-20/h5-6,8-9H,1-4,7H2,(H,18,21). The van der Waals surface area contributed by atoms with Crippen LogP contribution in [0.4, 0.5) is 5.69 Å². The third-order valence-electron chi connectivity index (χ3n) is 3.45. The number of likely N-dealkylation sites (tertiary alicyclic amines) is 1. The fourth-order valence-electron chi connectivity index (χ4n) is 2.36. The number of carbonyl (C=O) groups is 2. The van der Waals surface area contributed by atoms with Crippen LogP contribution in [-0.2, 0) is 9.59 Å². The number of aldehydes is 1. The SMILES string of the molecule is O=CC1CCCCN1CC(=O)Nc1cc(Cl)c(Cl)cc1Cl. The molecule has 1 heterocycles. The summed E-state index contributed by atoms with van der Waals surface area (Å²) in [4.78, 5) is 25.0. The Balaban J connectivity index is 2.01. The van der Waals surface area contributed by atoms with E-state index in [0.717, 1.165) is 32.1 Å². The van der Waals surface area contributed by atoms with Gasteiger partial charge in [0.15, 0.2) is 0 Å². The van der Waals surface area contributed by atoms with Crippen LogP contribution in [0.3, 0.4) is 0 Å². The summed E-state index contributed by atoms with van der Waals surface area (Å²) in [5.41, 5.74) is 0.413. The number of carbonyl (C=O) groups excluding carboxylic acids is 2. The molecule has 0 aliphatic carbocycles. The Labute approximate surface area is 138 Å². The van der Waals surface area contributed by atoms with E-state index in [0.29, 0.717) is 20.8 Å². The quantitative estimate of drug-likeness (QED) is 0.667. The number of halogens is 3. The van der Waals surface area contributed by atoms with Gasteiger partial charge in [0.25, 0.3) is 0 Å². The molecule has 0 spiro atoms. The molecule has 0 saturated carbocycles. The van der Waals surface area contributed by atoms with Crippen LogP contribution in [-0.4, -0.2) is 36.2 Å². The topological polar surface area (TPSA) is 49.4 Å². The van der Waals surface area contributed by atoms with Crippen molar-refractivity contribution in [2.45, 2.75) is 25.3 Å². The van der Waals surface area contributed by atoms with E-state index in [-0.39, 0.29) is 18.5 Å². The molecule has 1 saturated heterocycles. The van der Waals surface area contributed by atoms with Crippen molar-refractivity contribution in [3.05, 3.63) is 27.2 Å². The highest BCUT2D eigenvalue weighted by Crippen LogP contribution is 2.32. The summed E-state index contributed by atoms with van der Waals surface area (Å²) in [5, 5.41) is 3.67. The summed E-state index contributed by atoms with van der Waals surface area (Å²) in [7, 11) is 0. The summed E-state index contributed by atoms with van der Waals surface area (Å²) in [6, 6.07) is 2.81. The Morgan fingerprint density at radius 2 is 1.95 bits per heavy atom. The average Bonchev–Trinajstić information content (AvgIpc) is 2.45. The molecule has 1 aliphatic heterocycles. The Kier molecular flexibility index (Phi) is 5.88. The summed E-state index contributed by atoms with van der Waals surface area (Å²) >= 11 is 17.8. The summed E-state index contributed by atoms with van der Waals surface area (Å²) in [6.07, 6.45) is 3.70. The first-order chi connectivity index (χ1) is 10.0. The molecule has 1 amide bonds. The van der Waals surface area contributed by atoms with E-state index < -0.39 is 0 Å². The van der Waals surface area contributed by atoms with Crippen molar-refractivity contribution >= 4 is 52.7 Å².